The number of amides is 2. The van der Waals surface area contributed by atoms with Crippen LogP contribution in [0, 0.1) is 0 Å². The molecule has 0 spiro atoms. The van der Waals surface area contributed by atoms with E-state index in [1.54, 1.807) is 47.4 Å². The Morgan fingerprint density at radius 2 is 1.54 bits per heavy atom. The number of sulfonamides is 1. The third kappa shape index (κ3) is 9.27. The Balaban J connectivity index is 1.86. The number of hydrogen-bond acceptors (Lipinski definition) is 4. The number of halogens is 2. The summed E-state index contributed by atoms with van der Waals surface area (Å²) in [6, 6.07) is 22.5. The lowest BCUT2D eigenvalue weighted by atomic mass is 10.0. The zero-order valence-electron chi connectivity index (χ0n) is 22.0. The Kier molecular flexibility index (Phi) is 11.2. The van der Waals surface area contributed by atoms with Gasteiger partial charge >= 0.3 is 0 Å². The fraction of sp³-hybridized carbons (Fsp3) is 0.310. The van der Waals surface area contributed by atoms with E-state index in [2.05, 4.69) is 5.32 Å². The third-order valence-electron chi connectivity index (χ3n) is 6.11. The van der Waals surface area contributed by atoms with Gasteiger partial charge in [-0.2, -0.15) is 0 Å². The lowest BCUT2D eigenvalue weighted by molar-refractivity contribution is -0.141. The van der Waals surface area contributed by atoms with Crippen LogP contribution >= 0.6 is 23.2 Å². The summed E-state index contributed by atoms with van der Waals surface area (Å²) < 4.78 is 26.3. The molecule has 0 aromatic heterocycles. The first-order valence-electron chi connectivity index (χ1n) is 12.7. The van der Waals surface area contributed by atoms with E-state index in [1.807, 2.05) is 43.3 Å². The predicted octanol–water partition coefficient (Wildman–Crippen LogP) is 5.32. The van der Waals surface area contributed by atoms with Crippen LogP contribution in [0.5, 0.6) is 0 Å². The maximum Gasteiger partial charge on any atom is 0.243 e. The van der Waals surface area contributed by atoms with Gasteiger partial charge in [0.15, 0.2) is 0 Å². The van der Waals surface area contributed by atoms with Crippen LogP contribution in [-0.4, -0.2) is 50.5 Å². The summed E-state index contributed by atoms with van der Waals surface area (Å²) in [5.41, 5.74) is 2.13. The van der Waals surface area contributed by atoms with Gasteiger partial charge in [0.2, 0.25) is 21.8 Å². The topological polar surface area (TPSA) is 86.8 Å². The molecular formula is C29H33Cl2N3O4S. The van der Waals surface area contributed by atoms with Crippen molar-refractivity contribution in [2.24, 2.45) is 0 Å². The minimum Gasteiger partial charge on any atom is -0.355 e. The quantitative estimate of drug-likeness (QED) is 0.292. The molecule has 7 nitrogen and oxygen atoms in total. The Morgan fingerprint density at radius 3 is 2.15 bits per heavy atom. The van der Waals surface area contributed by atoms with Crippen LogP contribution in [0.25, 0.3) is 0 Å². The van der Waals surface area contributed by atoms with Crippen LogP contribution in [-0.2, 0) is 32.6 Å². The van der Waals surface area contributed by atoms with Gasteiger partial charge in [-0.05, 0) is 54.8 Å². The summed E-state index contributed by atoms with van der Waals surface area (Å²) in [5.74, 6) is -0.518. The second-order valence-corrected chi connectivity index (χ2v) is 11.9. The van der Waals surface area contributed by atoms with Crippen molar-refractivity contribution in [2.45, 2.75) is 38.8 Å². The van der Waals surface area contributed by atoms with Crippen molar-refractivity contribution >= 4 is 50.7 Å². The van der Waals surface area contributed by atoms with Gasteiger partial charge in [-0.25, -0.2) is 8.42 Å². The summed E-state index contributed by atoms with van der Waals surface area (Å²) in [7, 11) is -3.61. The van der Waals surface area contributed by atoms with E-state index in [4.69, 9.17) is 23.2 Å². The molecule has 3 aromatic rings. The molecular weight excluding hydrogens is 557 g/mol. The normalized spacial score (nSPS) is 12.0. The van der Waals surface area contributed by atoms with E-state index in [0.29, 0.717) is 28.7 Å². The number of benzene rings is 3. The second kappa shape index (κ2) is 14.4. The van der Waals surface area contributed by atoms with Gasteiger partial charge in [0.1, 0.15) is 6.04 Å². The average Bonchev–Trinajstić information content (AvgIpc) is 2.88. The lowest BCUT2D eigenvalue weighted by Crippen LogP contribution is -2.50. The molecule has 39 heavy (non-hydrogen) atoms. The highest BCUT2D eigenvalue weighted by atomic mass is 35.5. The monoisotopic (exact) mass is 589 g/mol. The van der Waals surface area contributed by atoms with Gasteiger partial charge in [0, 0.05) is 42.5 Å². The zero-order valence-corrected chi connectivity index (χ0v) is 24.3. The van der Waals surface area contributed by atoms with Crippen molar-refractivity contribution in [1.29, 1.82) is 0 Å². The first kappa shape index (κ1) is 30.5. The summed E-state index contributed by atoms with van der Waals surface area (Å²) in [5, 5.41) is 3.80. The number of hydrogen-bond donors (Lipinski definition) is 1. The Morgan fingerprint density at radius 1 is 0.897 bits per heavy atom. The molecule has 1 N–H and O–H groups in total. The van der Waals surface area contributed by atoms with Crippen molar-refractivity contribution < 1.29 is 18.0 Å². The third-order valence-corrected chi connectivity index (χ3v) is 7.78. The molecule has 0 aliphatic carbocycles. The molecule has 0 fully saturated rings. The maximum atomic E-state index is 13.7. The summed E-state index contributed by atoms with van der Waals surface area (Å²) >= 11 is 12.3. The van der Waals surface area contributed by atoms with Crippen LogP contribution in [0.15, 0.2) is 78.9 Å². The van der Waals surface area contributed by atoms with Crippen LogP contribution in [0.2, 0.25) is 10.0 Å². The fourth-order valence-corrected chi connectivity index (χ4v) is 5.67. The van der Waals surface area contributed by atoms with Gasteiger partial charge in [-0.15, -0.1) is 0 Å². The van der Waals surface area contributed by atoms with Crippen molar-refractivity contribution in [1.82, 2.24) is 10.2 Å². The van der Waals surface area contributed by atoms with E-state index in [9.17, 15) is 18.0 Å². The van der Waals surface area contributed by atoms with Crippen LogP contribution in [0.4, 0.5) is 5.69 Å². The molecule has 10 heteroatoms. The Bertz CT molecular complexity index is 1370. The number of likely N-dealkylation sites (N-methyl/N-ethyl adjacent to an activating group) is 1. The second-order valence-electron chi connectivity index (χ2n) is 9.17. The minimum absolute atomic E-state index is 0.0395. The zero-order chi connectivity index (χ0) is 28.4. The number of nitrogens with zero attached hydrogens (tertiary/aromatic N) is 2. The summed E-state index contributed by atoms with van der Waals surface area (Å²) in [4.78, 5) is 28.5. The van der Waals surface area contributed by atoms with Crippen LogP contribution in [0.3, 0.4) is 0 Å². The summed E-state index contributed by atoms with van der Waals surface area (Å²) in [6.07, 6.45) is 1.73. The smallest absolute Gasteiger partial charge is 0.243 e. The minimum atomic E-state index is -3.61. The molecule has 208 valence electrons. The first-order chi connectivity index (χ1) is 18.6. The van der Waals surface area contributed by atoms with Gasteiger partial charge < -0.3 is 10.2 Å². The van der Waals surface area contributed by atoms with Gasteiger partial charge in [0.05, 0.1) is 11.9 Å². The van der Waals surface area contributed by atoms with E-state index >= 15 is 0 Å². The number of anilines is 1. The molecule has 0 aliphatic heterocycles. The number of nitrogens with one attached hydrogen (secondary N) is 1. The number of carbonyl (C=O) groups is 2. The molecule has 3 aromatic carbocycles. The van der Waals surface area contributed by atoms with Crippen molar-refractivity contribution in [3.8, 4) is 0 Å². The van der Waals surface area contributed by atoms with Crippen molar-refractivity contribution in [3.63, 3.8) is 0 Å². The molecule has 0 saturated heterocycles. The maximum absolute atomic E-state index is 13.7. The van der Waals surface area contributed by atoms with E-state index in [-0.39, 0.29) is 37.7 Å². The van der Waals surface area contributed by atoms with Gasteiger partial charge in [0.25, 0.3) is 0 Å². The van der Waals surface area contributed by atoms with Crippen molar-refractivity contribution in [3.05, 3.63) is 100 Å². The molecule has 1 atom stereocenters. The van der Waals surface area contributed by atoms with E-state index < -0.39 is 16.1 Å². The summed E-state index contributed by atoms with van der Waals surface area (Å²) in [6.45, 7) is 2.51. The Hall–Kier alpha value is -3.07. The molecule has 2 amide bonds. The molecule has 0 radical (unpaired) electrons. The predicted molar refractivity (Wildman–Crippen MR) is 157 cm³/mol. The molecule has 0 aliphatic rings. The molecule has 0 heterocycles. The molecule has 3 rings (SSSR count). The van der Waals surface area contributed by atoms with Gasteiger partial charge in [-0.3, -0.25) is 13.9 Å². The highest BCUT2D eigenvalue weighted by molar-refractivity contribution is 7.92. The highest BCUT2D eigenvalue weighted by Gasteiger charge is 2.30. The number of rotatable bonds is 13. The first-order valence-corrected chi connectivity index (χ1v) is 15.3. The van der Waals surface area contributed by atoms with E-state index in [0.717, 1.165) is 17.4 Å². The van der Waals surface area contributed by atoms with E-state index in [1.165, 1.54) is 4.31 Å². The largest absolute Gasteiger partial charge is 0.355 e. The van der Waals surface area contributed by atoms with Crippen LogP contribution in [0.1, 0.15) is 30.9 Å². The highest BCUT2D eigenvalue weighted by Crippen LogP contribution is 2.23. The molecule has 0 saturated carbocycles. The molecule has 0 unspecified atom stereocenters. The van der Waals surface area contributed by atoms with Crippen molar-refractivity contribution in [2.75, 3.05) is 23.7 Å². The van der Waals surface area contributed by atoms with Gasteiger partial charge in [-0.1, -0.05) is 71.7 Å². The number of carbonyl (C=O) groups excluding carboxylic acids is 2. The average molecular weight is 591 g/mol. The van der Waals surface area contributed by atoms with Crippen LogP contribution < -0.4 is 9.62 Å². The fourth-order valence-electron chi connectivity index (χ4n) is 4.31. The lowest BCUT2D eigenvalue weighted by Gasteiger charge is -2.32. The SMILES string of the molecule is CCNC(=O)[C@H](Cc1ccccc1)N(Cc1cccc(Cl)c1)C(=O)CCCN(c1cccc(Cl)c1)S(C)(=O)=O. The standard InChI is InChI=1S/C29H33Cl2N3O4S/c1-3-32-29(36)27(19-22-10-5-4-6-11-22)33(21-23-12-7-13-24(30)18-23)28(35)16-9-17-34(39(2,37)38)26-15-8-14-25(31)20-26/h4-8,10-15,18,20,27H,3,9,16-17,19,21H2,1-2H3,(H,32,36)/t27-/m0/s1. The Labute approximate surface area is 240 Å². The molecule has 0 bridgehead atoms.